The molecule has 2 aromatic carbocycles. The lowest BCUT2D eigenvalue weighted by Gasteiger charge is -2.49. The number of carbonyl (C=O) groups excluding carboxylic acids is 2. The van der Waals surface area contributed by atoms with Crippen LogP contribution in [0.3, 0.4) is 0 Å². The molecule has 2 unspecified atom stereocenters. The smallest absolute Gasteiger partial charge is 0.328 e. The molecule has 3 aromatic rings. The minimum absolute atomic E-state index is 0.0980. The van der Waals surface area contributed by atoms with Gasteiger partial charge in [0.15, 0.2) is 0 Å². The Kier molecular flexibility index (Phi) is 7.64. The van der Waals surface area contributed by atoms with Crippen LogP contribution in [-0.4, -0.2) is 54.4 Å². The van der Waals surface area contributed by atoms with E-state index in [0.717, 1.165) is 48.3 Å². The van der Waals surface area contributed by atoms with Crippen LogP contribution in [0.4, 0.5) is 0 Å². The molecule has 3 heterocycles. The number of sulfonamides is 1. The summed E-state index contributed by atoms with van der Waals surface area (Å²) >= 11 is 0. The van der Waals surface area contributed by atoms with E-state index in [4.69, 9.17) is 4.74 Å². The van der Waals surface area contributed by atoms with Crippen LogP contribution in [0.15, 0.2) is 71.6 Å². The number of aromatic nitrogens is 1. The molecule has 1 aliphatic carbocycles. The highest BCUT2D eigenvalue weighted by Gasteiger charge is 2.51. The number of aryl methyl sites for hydroxylation is 2. The van der Waals surface area contributed by atoms with Crippen LogP contribution in [0.1, 0.15) is 42.6 Å². The predicted molar refractivity (Wildman–Crippen MR) is 148 cm³/mol. The molecular weight excluding hydrogens is 514 g/mol. The van der Waals surface area contributed by atoms with Crippen LogP contribution in [0, 0.1) is 19.8 Å². The molecular formula is C30H35N3O5S. The highest BCUT2D eigenvalue weighted by atomic mass is 32.2. The summed E-state index contributed by atoms with van der Waals surface area (Å²) in [5.41, 5.74) is 4.11. The molecule has 0 radical (unpaired) electrons. The monoisotopic (exact) mass is 549 g/mol. The van der Waals surface area contributed by atoms with Crippen molar-refractivity contribution in [2.45, 2.75) is 69.0 Å². The molecule has 39 heavy (non-hydrogen) atoms. The van der Waals surface area contributed by atoms with Gasteiger partial charge in [-0.25, -0.2) is 13.2 Å². The van der Waals surface area contributed by atoms with Gasteiger partial charge in [0.05, 0.1) is 12.0 Å². The van der Waals surface area contributed by atoms with Gasteiger partial charge >= 0.3 is 5.97 Å². The summed E-state index contributed by atoms with van der Waals surface area (Å²) < 4.78 is 35.9. The van der Waals surface area contributed by atoms with Gasteiger partial charge in [-0.2, -0.15) is 4.31 Å². The third-order valence-electron chi connectivity index (χ3n) is 8.12. The average Bonchev–Trinajstić information content (AvgIpc) is 3.30. The fourth-order valence-corrected chi connectivity index (χ4v) is 8.10. The molecule has 6 rings (SSSR count). The SMILES string of the molecule is COC(=O)C(Cc1ccc(-n2c(C)ccc2C)cc1)NC(=O)C1C2CCC(CC2)N1S(=O)(=O)c1ccccc1. The van der Waals surface area contributed by atoms with Crippen LogP contribution in [0.2, 0.25) is 0 Å². The van der Waals surface area contributed by atoms with Gasteiger partial charge in [-0.1, -0.05) is 30.3 Å². The number of esters is 1. The van der Waals surface area contributed by atoms with Gasteiger partial charge in [0.2, 0.25) is 15.9 Å². The van der Waals surface area contributed by atoms with Crippen molar-refractivity contribution in [2.75, 3.05) is 7.11 Å². The van der Waals surface area contributed by atoms with Gasteiger partial charge in [0.1, 0.15) is 12.1 Å². The number of carbonyl (C=O) groups is 2. The third kappa shape index (κ3) is 5.25. The minimum atomic E-state index is -3.89. The van der Waals surface area contributed by atoms with E-state index in [9.17, 15) is 18.0 Å². The normalized spacial score (nSPS) is 21.9. The summed E-state index contributed by atoms with van der Waals surface area (Å²) in [6.45, 7) is 4.09. The standard InChI is InChI=1S/C30H35N3O5S/c1-20-9-10-21(2)32(20)24-15-11-22(12-16-24)19-27(30(35)38-3)31-29(34)28-23-13-17-25(18-14-23)33(28)39(36,37)26-7-5-4-6-8-26/h4-12,15-16,23,25,27-28H,13-14,17-19H2,1-3H3,(H,31,34). The second kappa shape index (κ2) is 11.0. The van der Waals surface area contributed by atoms with Crippen molar-refractivity contribution < 1.29 is 22.7 Å². The van der Waals surface area contributed by atoms with Crippen LogP contribution in [-0.2, 0) is 30.8 Å². The summed E-state index contributed by atoms with van der Waals surface area (Å²) in [4.78, 5) is 26.7. The lowest BCUT2D eigenvalue weighted by molar-refractivity contribution is -0.146. The molecule has 2 bridgehead atoms. The van der Waals surface area contributed by atoms with Crippen molar-refractivity contribution in [2.24, 2.45) is 5.92 Å². The Morgan fingerprint density at radius 2 is 1.54 bits per heavy atom. The Bertz CT molecular complexity index is 1420. The first-order valence-corrected chi connectivity index (χ1v) is 14.9. The van der Waals surface area contributed by atoms with E-state index in [2.05, 4.69) is 22.0 Å². The van der Waals surface area contributed by atoms with Gasteiger partial charge in [0.25, 0.3) is 0 Å². The van der Waals surface area contributed by atoms with Gasteiger partial charge in [-0.3, -0.25) is 4.79 Å². The number of benzene rings is 2. The Morgan fingerprint density at radius 3 is 2.13 bits per heavy atom. The molecule has 3 fully saturated rings. The van der Waals surface area contributed by atoms with Crippen molar-refractivity contribution in [3.63, 3.8) is 0 Å². The van der Waals surface area contributed by atoms with Gasteiger partial charge in [0, 0.05) is 29.5 Å². The van der Waals surface area contributed by atoms with Gasteiger partial charge in [-0.05, 0) is 87.4 Å². The lowest BCUT2D eigenvalue weighted by atomic mass is 9.76. The Labute approximate surface area is 230 Å². The van der Waals surface area contributed by atoms with E-state index < -0.39 is 34.0 Å². The maximum absolute atomic E-state index is 13.8. The molecule has 1 aromatic heterocycles. The Morgan fingerprint density at radius 1 is 0.923 bits per heavy atom. The largest absolute Gasteiger partial charge is 0.467 e. The number of hydrogen-bond donors (Lipinski definition) is 1. The summed E-state index contributed by atoms with van der Waals surface area (Å²) in [6, 6.07) is 18.2. The number of nitrogens with one attached hydrogen (secondary N) is 1. The van der Waals surface area contributed by atoms with Crippen molar-refractivity contribution in [1.82, 2.24) is 14.2 Å². The molecule has 2 saturated heterocycles. The number of methoxy groups -OCH3 is 1. The van der Waals surface area contributed by atoms with Crippen LogP contribution in [0.5, 0.6) is 0 Å². The second-order valence-corrected chi connectivity index (χ2v) is 12.4. The van der Waals surface area contributed by atoms with Crippen LogP contribution >= 0.6 is 0 Å². The molecule has 1 N–H and O–H groups in total. The molecule has 2 atom stereocenters. The molecule has 206 valence electrons. The Hall–Kier alpha value is -3.43. The van der Waals surface area contributed by atoms with Crippen molar-refractivity contribution >= 4 is 21.9 Å². The molecule has 1 amide bonds. The molecule has 9 heteroatoms. The van der Waals surface area contributed by atoms with Crippen LogP contribution in [0.25, 0.3) is 5.69 Å². The number of amides is 1. The van der Waals surface area contributed by atoms with E-state index in [1.165, 1.54) is 11.4 Å². The summed E-state index contributed by atoms with van der Waals surface area (Å²) in [5, 5.41) is 2.86. The topological polar surface area (TPSA) is 97.7 Å². The van der Waals surface area contributed by atoms with E-state index in [1.54, 1.807) is 30.3 Å². The fraction of sp³-hybridized carbons (Fsp3) is 0.400. The molecule has 2 aliphatic heterocycles. The first-order chi connectivity index (χ1) is 18.7. The number of hydrogen-bond acceptors (Lipinski definition) is 5. The number of rotatable bonds is 8. The highest BCUT2D eigenvalue weighted by Crippen LogP contribution is 2.42. The summed E-state index contributed by atoms with van der Waals surface area (Å²) in [6.07, 6.45) is 3.26. The van der Waals surface area contributed by atoms with Gasteiger partial charge in [-0.15, -0.1) is 0 Å². The van der Waals surface area contributed by atoms with E-state index in [-0.39, 0.29) is 23.3 Å². The average molecular weight is 550 g/mol. The molecule has 0 spiro atoms. The summed E-state index contributed by atoms with van der Waals surface area (Å²) in [5.74, 6) is -1.11. The molecule has 1 saturated carbocycles. The molecule has 3 aliphatic rings. The second-order valence-electron chi connectivity index (χ2n) is 10.6. The number of fused-ring (bicyclic) bond motifs is 3. The number of piperidine rings is 2. The van der Waals surface area contributed by atoms with Crippen molar-refractivity contribution in [3.05, 3.63) is 83.7 Å². The van der Waals surface area contributed by atoms with E-state index in [0.29, 0.717) is 0 Å². The zero-order valence-electron chi connectivity index (χ0n) is 22.5. The number of ether oxygens (including phenoxy) is 1. The quantitative estimate of drug-likeness (QED) is 0.430. The predicted octanol–water partition coefficient (Wildman–Crippen LogP) is 3.93. The summed E-state index contributed by atoms with van der Waals surface area (Å²) in [7, 11) is -2.60. The maximum Gasteiger partial charge on any atom is 0.328 e. The minimum Gasteiger partial charge on any atom is -0.467 e. The van der Waals surface area contributed by atoms with E-state index in [1.807, 2.05) is 38.1 Å². The van der Waals surface area contributed by atoms with Crippen LogP contribution < -0.4 is 5.32 Å². The Balaban J connectivity index is 1.38. The van der Waals surface area contributed by atoms with Gasteiger partial charge < -0.3 is 14.6 Å². The van der Waals surface area contributed by atoms with Crippen molar-refractivity contribution in [1.29, 1.82) is 0 Å². The zero-order chi connectivity index (χ0) is 27.7. The highest BCUT2D eigenvalue weighted by molar-refractivity contribution is 7.89. The lowest BCUT2D eigenvalue weighted by Crippen LogP contribution is -2.63. The first-order valence-electron chi connectivity index (χ1n) is 13.4. The maximum atomic E-state index is 13.8. The first kappa shape index (κ1) is 27.1. The zero-order valence-corrected chi connectivity index (χ0v) is 23.4. The van der Waals surface area contributed by atoms with E-state index >= 15 is 0 Å². The van der Waals surface area contributed by atoms with Crippen molar-refractivity contribution in [3.8, 4) is 5.69 Å². The third-order valence-corrected chi connectivity index (χ3v) is 10.1. The number of nitrogens with zero attached hydrogens (tertiary/aromatic N) is 2. The fourth-order valence-electron chi connectivity index (χ4n) is 6.18. The molecule has 8 nitrogen and oxygen atoms in total.